The van der Waals surface area contributed by atoms with Crippen molar-refractivity contribution < 1.29 is 33.7 Å². The number of benzene rings is 3. The molecule has 1 aliphatic heterocycles. The lowest BCUT2D eigenvalue weighted by molar-refractivity contribution is -0.0582. The Morgan fingerprint density at radius 1 is 0.757 bits per heavy atom. The van der Waals surface area contributed by atoms with E-state index in [1.165, 1.54) is 72.8 Å². The van der Waals surface area contributed by atoms with Crippen LogP contribution < -0.4 is 0 Å². The Balaban J connectivity index is 1.61. The molecule has 0 radical (unpaired) electrons. The molecule has 1 saturated heterocycles. The molecular weight excluding hydrogens is 566 g/mol. The lowest BCUT2D eigenvalue weighted by atomic mass is 9.87. The van der Waals surface area contributed by atoms with E-state index < -0.39 is 47.7 Å². The van der Waals surface area contributed by atoms with Gasteiger partial charge in [-0.15, -0.1) is 0 Å². The van der Waals surface area contributed by atoms with Crippen molar-refractivity contribution in [1.82, 2.24) is 0 Å². The van der Waals surface area contributed by atoms with Gasteiger partial charge in [0.15, 0.2) is 11.7 Å². The number of ketones is 1. The standard InChI is InChI=1S/C26H18Cl4O7/c27-17-7-1-14(2-8-17)21(31)26(34)22(37-24(33)16-5-11-19(29)12-6-16)20(36-25(26)30)13-35-23(32)15-3-9-18(28)10-4-15/h1-12,20,22,25,34H,13H2/t20-,22-,25+,26-/m1/s1. The molecule has 1 N–H and O–H groups in total. The predicted molar refractivity (Wildman–Crippen MR) is 138 cm³/mol. The van der Waals surface area contributed by atoms with Crippen molar-refractivity contribution in [3.8, 4) is 0 Å². The van der Waals surface area contributed by atoms with Crippen molar-refractivity contribution in [3.63, 3.8) is 0 Å². The van der Waals surface area contributed by atoms with Gasteiger partial charge in [0.05, 0.1) is 11.1 Å². The second-order valence-corrected chi connectivity index (χ2v) is 9.80. The van der Waals surface area contributed by atoms with Gasteiger partial charge in [-0.3, -0.25) is 4.79 Å². The van der Waals surface area contributed by atoms with Crippen molar-refractivity contribution in [2.24, 2.45) is 0 Å². The zero-order chi connectivity index (χ0) is 26.7. The molecule has 0 unspecified atom stereocenters. The van der Waals surface area contributed by atoms with Crippen molar-refractivity contribution in [3.05, 3.63) is 105 Å². The van der Waals surface area contributed by atoms with Gasteiger partial charge >= 0.3 is 11.9 Å². The molecule has 11 heteroatoms. The molecule has 0 saturated carbocycles. The van der Waals surface area contributed by atoms with E-state index in [2.05, 4.69) is 0 Å². The summed E-state index contributed by atoms with van der Waals surface area (Å²) < 4.78 is 16.5. The van der Waals surface area contributed by atoms with Crippen LogP contribution in [-0.4, -0.2) is 52.8 Å². The van der Waals surface area contributed by atoms with Gasteiger partial charge in [-0.25, -0.2) is 9.59 Å². The molecule has 0 spiro atoms. The minimum atomic E-state index is -2.52. The number of hydrogen-bond donors (Lipinski definition) is 1. The largest absolute Gasteiger partial charge is 0.459 e. The van der Waals surface area contributed by atoms with E-state index in [1.54, 1.807) is 0 Å². The summed E-state index contributed by atoms with van der Waals surface area (Å²) in [6, 6.07) is 17.4. The van der Waals surface area contributed by atoms with Crippen LogP contribution in [0.4, 0.5) is 0 Å². The molecule has 1 fully saturated rings. The fourth-order valence-corrected chi connectivity index (χ4v) is 4.43. The van der Waals surface area contributed by atoms with Crippen LogP contribution in [0, 0.1) is 0 Å². The smallest absolute Gasteiger partial charge is 0.338 e. The maximum Gasteiger partial charge on any atom is 0.338 e. The fraction of sp³-hybridized carbons (Fsp3) is 0.192. The van der Waals surface area contributed by atoms with Gasteiger partial charge in [0.25, 0.3) is 0 Å². The highest BCUT2D eigenvalue weighted by Gasteiger charge is 2.62. The van der Waals surface area contributed by atoms with Gasteiger partial charge in [-0.05, 0) is 72.8 Å². The second-order valence-electron chi connectivity index (χ2n) is 8.09. The molecule has 3 aromatic carbocycles. The number of carbonyl (C=O) groups is 3. The number of halogens is 4. The minimum absolute atomic E-state index is 0.0486. The number of rotatable bonds is 7. The Bertz CT molecular complexity index is 1300. The number of esters is 2. The van der Waals surface area contributed by atoms with Crippen molar-refractivity contribution in [2.45, 2.75) is 23.4 Å². The Hall–Kier alpha value is -2.65. The van der Waals surface area contributed by atoms with E-state index in [4.69, 9.17) is 60.6 Å². The van der Waals surface area contributed by atoms with Crippen LogP contribution in [0.2, 0.25) is 15.1 Å². The first kappa shape index (κ1) is 27.4. The SMILES string of the molecule is O=C(OC[C@H]1O[C@H](Cl)[C@@](O)(C(=O)c2ccc(Cl)cc2)[C@@H]1OC(=O)c1ccc(Cl)cc1)c1ccc(Cl)cc1. The molecule has 192 valence electrons. The van der Waals surface area contributed by atoms with E-state index in [-0.39, 0.29) is 16.7 Å². The highest BCUT2D eigenvalue weighted by molar-refractivity contribution is 6.31. The molecule has 4 atom stereocenters. The van der Waals surface area contributed by atoms with Gasteiger partial charge in [0, 0.05) is 20.6 Å². The summed E-state index contributed by atoms with van der Waals surface area (Å²) in [4.78, 5) is 38.8. The summed E-state index contributed by atoms with van der Waals surface area (Å²) >= 11 is 23.9. The predicted octanol–water partition coefficient (Wildman–Crippen LogP) is 5.61. The quantitative estimate of drug-likeness (QED) is 0.219. The zero-order valence-electron chi connectivity index (χ0n) is 18.8. The van der Waals surface area contributed by atoms with Crippen LogP contribution in [0.15, 0.2) is 72.8 Å². The average Bonchev–Trinajstić information content (AvgIpc) is 3.13. The average molecular weight is 584 g/mol. The van der Waals surface area contributed by atoms with Gasteiger partial charge in [0.2, 0.25) is 11.4 Å². The van der Waals surface area contributed by atoms with Crippen LogP contribution in [0.3, 0.4) is 0 Å². The van der Waals surface area contributed by atoms with E-state index in [0.29, 0.717) is 15.1 Å². The van der Waals surface area contributed by atoms with Gasteiger partial charge in [-0.1, -0.05) is 46.4 Å². The van der Waals surface area contributed by atoms with Crippen LogP contribution in [-0.2, 0) is 14.2 Å². The number of hydrogen-bond acceptors (Lipinski definition) is 7. The van der Waals surface area contributed by atoms with Gasteiger partial charge in [-0.2, -0.15) is 0 Å². The molecule has 0 amide bonds. The van der Waals surface area contributed by atoms with Crippen LogP contribution in [0.5, 0.6) is 0 Å². The third-order valence-electron chi connectivity index (χ3n) is 5.65. The number of ether oxygens (including phenoxy) is 3. The molecule has 0 aliphatic carbocycles. The third kappa shape index (κ3) is 5.93. The fourth-order valence-electron chi connectivity index (χ4n) is 3.69. The monoisotopic (exact) mass is 582 g/mol. The molecule has 0 bridgehead atoms. The van der Waals surface area contributed by atoms with E-state index >= 15 is 0 Å². The van der Waals surface area contributed by atoms with E-state index in [1.807, 2.05) is 0 Å². The summed E-state index contributed by atoms with van der Waals surface area (Å²) in [5.74, 6) is -2.48. The van der Waals surface area contributed by atoms with Crippen molar-refractivity contribution >= 4 is 64.1 Å². The summed E-state index contributed by atoms with van der Waals surface area (Å²) in [5, 5.41) is 12.7. The van der Waals surface area contributed by atoms with Crippen molar-refractivity contribution in [1.29, 1.82) is 0 Å². The van der Waals surface area contributed by atoms with E-state index in [9.17, 15) is 19.5 Å². The second kappa shape index (κ2) is 11.4. The molecule has 3 aromatic rings. The summed E-state index contributed by atoms with van der Waals surface area (Å²) in [6.45, 7) is -0.487. The first-order chi connectivity index (χ1) is 17.6. The minimum Gasteiger partial charge on any atom is -0.459 e. The molecule has 4 rings (SSSR count). The first-order valence-electron chi connectivity index (χ1n) is 10.8. The topological polar surface area (TPSA) is 99.1 Å². The Labute approximate surface area is 231 Å². The molecule has 0 aromatic heterocycles. The summed E-state index contributed by atoms with van der Waals surface area (Å²) in [7, 11) is 0. The Kier molecular flexibility index (Phi) is 8.43. The zero-order valence-corrected chi connectivity index (χ0v) is 21.8. The van der Waals surface area contributed by atoms with Crippen molar-refractivity contribution in [2.75, 3.05) is 6.61 Å². The lowest BCUT2D eigenvalue weighted by Gasteiger charge is -2.30. The molecule has 37 heavy (non-hydrogen) atoms. The molecule has 1 aliphatic rings. The summed E-state index contributed by atoms with van der Waals surface area (Å²) in [5.41, 5.74) is -3.81. The normalized spacial score (nSPS) is 22.9. The molecule has 1 heterocycles. The number of carbonyl (C=O) groups excluding carboxylic acids is 3. The van der Waals surface area contributed by atoms with Crippen LogP contribution in [0.1, 0.15) is 31.1 Å². The van der Waals surface area contributed by atoms with Gasteiger partial charge in [0.1, 0.15) is 12.7 Å². The maximum absolute atomic E-state index is 13.4. The lowest BCUT2D eigenvalue weighted by Crippen LogP contribution is -2.55. The Morgan fingerprint density at radius 3 is 1.68 bits per heavy atom. The Morgan fingerprint density at radius 2 is 1.19 bits per heavy atom. The number of Topliss-reactive ketones (excluding diaryl/α,β-unsaturated/α-hetero) is 1. The maximum atomic E-state index is 13.4. The highest BCUT2D eigenvalue weighted by atomic mass is 35.5. The summed E-state index contributed by atoms with van der Waals surface area (Å²) in [6.07, 6.45) is -2.92. The molecular formula is C26H18Cl4O7. The van der Waals surface area contributed by atoms with E-state index in [0.717, 1.165) is 0 Å². The number of aliphatic hydroxyl groups is 1. The highest BCUT2D eigenvalue weighted by Crippen LogP contribution is 2.39. The van der Waals surface area contributed by atoms with Crippen LogP contribution in [0.25, 0.3) is 0 Å². The molecule has 7 nitrogen and oxygen atoms in total. The third-order valence-corrected chi connectivity index (χ3v) is 6.85. The number of alkyl halides is 1. The van der Waals surface area contributed by atoms with Crippen LogP contribution >= 0.6 is 46.4 Å². The first-order valence-corrected chi connectivity index (χ1v) is 12.4. The van der Waals surface area contributed by atoms with Gasteiger partial charge < -0.3 is 19.3 Å².